The quantitative estimate of drug-likeness (QED) is 0.843. The van der Waals surface area contributed by atoms with Crippen LogP contribution in [0, 0.1) is 5.82 Å². The summed E-state index contributed by atoms with van der Waals surface area (Å²) in [6, 6.07) is 6.57. The summed E-state index contributed by atoms with van der Waals surface area (Å²) in [7, 11) is 0. The summed E-state index contributed by atoms with van der Waals surface area (Å²) in [5.74, 6) is -0.269. The molecule has 0 bridgehead atoms. The van der Waals surface area contributed by atoms with Crippen molar-refractivity contribution < 1.29 is 8.81 Å². The Morgan fingerprint density at radius 1 is 0.923 bits per heavy atom. The number of hydrogen-bond donors (Lipinski definition) is 0. The summed E-state index contributed by atoms with van der Waals surface area (Å²) >= 11 is 0. The van der Waals surface area contributed by atoms with E-state index in [1.54, 1.807) is 6.07 Å². The molecular weight excluding hydrogens is 331 g/mol. The van der Waals surface area contributed by atoms with Crippen molar-refractivity contribution in [3.8, 4) is 0 Å². The summed E-state index contributed by atoms with van der Waals surface area (Å²) in [5, 5.41) is 0. The van der Waals surface area contributed by atoms with E-state index < -0.39 is 0 Å². The van der Waals surface area contributed by atoms with Gasteiger partial charge in [-0.1, -0.05) is 19.3 Å². The lowest BCUT2D eigenvalue weighted by atomic mass is 9.93. The Labute approximate surface area is 153 Å². The highest BCUT2D eigenvalue weighted by Crippen LogP contribution is 2.29. The van der Waals surface area contributed by atoms with Gasteiger partial charge in [0, 0.05) is 57.4 Å². The van der Waals surface area contributed by atoms with E-state index in [2.05, 4.69) is 19.7 Å². The minimum absolute atomic E-state index is 0.269. The van der Waals surface area contributed by atoms with Crippen molar-refractivity contribution in [3.63, 3.8) is 0 Å². The second-order valence-corrected chi connectivity index (χ2v) is 8.03. The molecule has 0 amide bonds. The van der Waals surface area contributed by atoms with E-state index in [0.717, 1.165) is 19.1 Å². The average molecular weight is 358 g/mol. The van der Waals surface area contributed by atoms with Crippen LogP contribution in [-0.2, 0) is 0 Å². The predicted molar refractivity (Wildman–Crippen MR) is 100.0 cm³/mol. The predicted octanol–water partition coefficient (Wildman–Crippen LogP) is 3.11. The highest BCUT2D eigenvalue weighted by atomic mass is 19.1. The highest BCUT2D eigenvalue weighted by Gasteiger charge is 2.36. The van der Waals surface area contributed by atoms with Crippen molar-refractivity contribution in [1.29, 1.82) is 0 Å². The molecular formula is C20H27FN4O. The van der Waals surface area contributed by atoms with E-state index in [9.17, 15) is 4.39 Å². The number of fused-ring (bicyclic) bond motifs is 1. The molecule has 0 spiro atoms. The molecule has 1 aliphatic carbocycles. The normalized spacial score (nSPS) is 24.3. The van der Waals surface area contributed by atoms with Gasteiger partial charge in [0.25, 0.3) is 6.01 Å². The zero-order valence-corrected chi connectivity index (χ0v) is 15.2. The van der Waals surface area contributed by atoms with Crippen molar-refractivity contribution in [2.24, 2.45) is 0 Å². The van der Waals surface area contributed by atoms with Gasteiger partial charge in [-0.25, -0.2) is 4.39 Å². The van der Waals surface area contributed by atoms with Gasteiger partial charge in [-0.15, -0.1) is 0 Å². The number of rotatable bonds is 3. The zero-order chi connectivity index (χ0) is 17.5. The Morgan fingerprint density at radius 2 is 1.62 bits per heavy atom. The first kappa shape index (κ1) is 16.5. The maximum Gasteiger partial charge on any atom is 0.298 e. The van der Waals surface area contributed by atoms with Crippen molar-refractivity contribution in [2.45, 2.75) is 44.2 Å². The van der Waals surface area contributed by atoms with Crippen molar-refractivity contribution in [2.75, 3.05) is 44.2 Å². The summed E-state index contributed by atoms with van der Waals surface area (Å²) in [6.45, 7) is 6.69. The first-order valence-electron chi connectivity index (χ1n) is 10.1. The van der Waals surface area contributed by atoms with E-state index in [1.807, 2.05) is 0 Å². The van der Waals surface area contributed by atoms with Gasteiger partial charge in [0.2, 0.25) is 0 Å². The van der Waals surface area contributed by atoms with Gasteiger partial charge in [-0.3, -0.25) is 9.80 Å². The molecule has 0 atom stereocenters. The molecule has 3 heterocycles. The Balaban J connectivity index is 1.14. The molecule has 5 nitrogen and oxygen atoms in total. The smallest absolute Gasteiger partial charge is 0.298 e. The van der Waals surface area contributed by atoms with Crippen LogP contribution in [-0.4, -0.2) is 66.1 Å². The van der Waals surface area contributed by atoms with Gasteiger partial charge in [-0.05, 0) is 25.0 Å². The van der Waals surface area contributed by atoms with Crippen LogP contribution in [0.4, 0.5) is 10.4 Å². The Hall–Kier alpha value is -1.66. The number of hydrogen-bond acceptors (Lipinski definition) is 5. The van der Waals surface area contributed by atoms with Crippen LogP contribution >= 0.6 is 0 Å². The summed E-state index contributed by atoms with van der Waals surface area (Å²) in [5.41, 5.74) is 1.26. The maximum absolute atomic E-state index is 13.3. The average Bonchev–Trinajstić information content (AvgIpc) is 3.04. The SMILES string of the molecule is Fc1ccc2oc(N3CC(N4CCN(C5CCCCC5)CC4)C3)nc2c1. The van der Waals surface area contributed by atoms with Crippen LogP contribution in [0.5, 0.6) is 0 Å². The topological polar surface area (TPSA) is 35.8 Å². The van der Waals surface area contributed by atoms with Crippen molar-refractivity contribution >= 4 is 17.1 Å². The first-order valence-corrected chi connectivity index (χ1v) is 10.1. The molecule has 3 aliphatic rings. The number of oxazole rings is 1. The van der Waals surface area contributed by atoms with Gasteiger partial charge < -0.3 is 9.32 Å². The van der Waals surface area contributed by atoms with E-state index in [4.69, 9.17) is 4.42 Å². The molecule has 140 valence electrons. The fraction of sp³-hybridized carbons (Fsp3) is 0.650. The number of piperazine rings is 1. The number of benzene rings is 1. The van der Waals surface area contributed by atoms with Crippen LogP contribution in [0.15, 0.2) is 22.6 Å². The van der Waals surface area contributed by atoms with Gasteiger partial charge in [-0.2, -0.15) is 4.98 Å². The van der Waals surface area contributed by atoms with E-state index in [1.165, 1.54) is 70.4 Å². The highest BCUT2D eigenvalue weighted by molar-refractivity contribution is 5.74. The third-order valence-corrected chi connectivity index (χ3v) is 6.43. The van der Waals surface area contributed by atoms with E-state index >= 15 is 0 Å². The number of anilines is 1. The van der Waals surface area contributed by atoms with E-state index in [0.29, 0.717) is 23.2 Å². The minimum atomic E-state index is -0.269. The fourth-order valence-electron chi connectivity index (χ4n) is 4.78. The van der Waals surface area contributed by atoms with Crippen LogP contribution in [0.25, 0.3) is 11.1 Å². The first-order chi connectivity index (χ1) is 12.8. The third-order valence-electron chi connectivity index (χ3n) is 6.43. The fourth-order valence-corrected chi connectivity index (χ4v) is 4.78. The van der Waals surface area contributed by atoms with Gasteiger partial charge in [0.05, 0.1) is 0 Å². The Bertz CT molecular complexity index is 758. The molecule has 1 aromatic carbocycles. The number of aromatic nitrogens is 1. The largest absolute Gasteiger partial charge is 0.423 e. The molecule has 0 N–H and O–H groups in total. The Morgan fingerprint density at radius 3 is 2.35 bits per heavy atom. The molecule has 1 saturated carbocycles. The van der Waals surface area contributed by atoms with E-state index in [-0.39, 0.29) is 5.82 Å². The van der Waals surface area contributed by atoms with Gasteiger partial charge >= 0.3 is 0 Å². The molecule has 26 heavy (non-hydrogen) atoms. The van der Waals surface area contributed by atoms with Crippen LogP contribution in [0.2, 0.25) is 0 Å². The molecule has 0 radical (unpaired) electrons. The van der Waals surface area contributed by atoms with Crippen molar-refractivity contribution in [1.82, 2.24) is 14.8 Å². The Kier molecular flexibility index (Phi) is 4.33. The molecule has 6 heteroatoms. The second kappa shape index (κ2) is 6.82. The molecule has 2 saturated heterocycles. The number of halogens is 1. The van der Waals surface area contributed by atoms with Crippen LogP contribution in [0.3, 0.4) is 0 Å². The molecule has 2 aromatic rings. The zero-order valence-electron chi connectivity index (χ0n) is 15.2. The molecule has 0 unspecified atom stereocenters. The third kappa shape index (κ3) is 3.09. The maximum atomic E-state index is 13.3. The van der Waals surface area contributed by atoms with Gasteiger partial charge in [0.15, 0.2) is 5.58 Å². The van der Waals surface area contributed by atoms with Gasteiger partial charge in [0.1, 0.15) is 11.3 Å². The number of nitrogens with zero attached hydrogens (tertiary/aromatic N) is 4. The lowest BCUT2D eigenvalue weighted by molar-refractivity contribution is 0.0479. The van der Waals surface area contributed by atoms with Crippen LogP contribution in [0.1, 0.15) is 32.1 Å². The lowest BCUT2D eigenvalue weighted by Crippen LogP contribution is -2.64. The molecule has 5 rings (SSSR count). The summed E-state index contributed by atoms with van der Waals surface area (Å²) < 4.78 is 19.1. The van der Waals surface area contributed by atoms with Crippen molar-refractivity contribution in [3.05, 3.63) is 24.0 Å². The second-order valence-electron chi connectivity index (χ2n) is 8.03. The standard InChI is InChI=1S/C20H27FN4O/c21-15-6-7-19-18(12-15)22-20(26-19)25-13-17(14-25)24-10-8-23(9-11-24)16-4-2-1-3-5-16/h6-7,12,16-17H,1-5,8-11,13-14H2. The van der Waals surface area contributed by atoms with Crippen LogP contribution < -0.4 is 4.90 Å². The minimum Gasteiger partial charge on any atom is -0.423 e. The molecule has 3 fully saturated rings. The summed E-state index contributed by atoms with van der Waals surface area (Å²) in [4.78, 5) is 12.0. The lowest BCUT2D eigenvalue weighted by Gasteiger charge is -2.49. The molecule has 2 aliphatic heterocycles. The summed E-state index contributed by atoms with van der Waals surface area (Å²) in [6.07, 6.45) is 7.05. The molecule has 1 aromatic heterocycles. The monoisotopic (exact) mass is 358 g/mol.